The Bertz CT molecular complexity index is 203. The van der Waals surface area contributed by atoms with Crippen molar-refractivity contribution in [2.45, 2.75) is 51.6 Å². The summed E-state index contributed by atoms with van der Waals surface area (Å²) in [5.41, 5.74) is -0.659. The van der Waals surface area contributed by atoms with E-state index in [1.165, 1.54) is 0 Å². The summed E-state index contributed by atoms with van der Waals surface area (Å²) in [6, 6.07) is 0.233. The Hall–Kier alpha value is -0.570. The highest BCUT2D eigenvalue weighted by Crippen LogP contribution is 2.35. The lowest BCUT2D eigenvalue weighted by atomic mass is 9.87. The second-order valence-corrected chi connectivity index (χ2v) is 4.37. The van der Waals surface area contributed by atoms with Crippen LogP contribution in [-0.4, -0.2) is 22.7 Å². The maximum atomic E-state index is 11.2. The van der Waals surface area contributed by atoms with Crippen LogP contribution in [0.3, 0.4) is 0 Å². The lowest BCUT2D eigenvalue weighted by molar-refractivity contribution is -0.146. The summed E-state index contributed by atoms with van der Waals surface area (Å²) in [4.78, 5) is 11.2. The summed E-state index contributed by atoms with van der Waals surface area (Å²) in [7, 11) is 0. The van der Waals surface area contributed by atoms with Crippen molar-refractivity contribution in [1.82, 2.24) is 5.32 Å². The first-order valence-electron chi connectivity index (χ1n) is 5.00. The minimum atomic E-state index is -0.689. The van der Waals surface area contributed by atoms with Gasteiger partial charge < -0.3 is 5.11 Å². The first-order valence-corrected chi connectivity index (χ1v) is 5.00. The van der Waals surface area contributed by atoms with E-state index >= 15 is 0 Å². The zero-order valence-corrected chi connectivity index (χ0v) is 8.63. The van der Waals surface area contributed by atoms with Gasteiger partial charge in [0.15, 0.2) is 0 Å². The van der Waals surface area contributed by atoms with Crippen LogP contribution in [0.5, 0.6) is 0 Å². The molecule has 0 aromatic heterocycles. The van der Waals surface area contributed by atoms with Crippen LogP contribution < -0.4 is 5.32 Å². The quantitative estimate of drug-likeness (QED) is 0.702. The van der Waals surface area contributed by atoms with E-state index in [4.69, 9.17) is 0 Å². The fraction of sp³-hybridized carbons (Fsp3) is 0.900. The maximum absolute atomic E-state index is 11.2. The van der Waals surface area contributed by atoms with Crippen molar-refractivity contribution in [2.24, 2.45) is 5.92 Å². The molecular formula is C10H19NO2. The number of carboxylic acids is 1. The Morgan fingerprint density at radius 3 is 2.54 bits per heavy atom. The van der Waals surface area contributed by atoms with Gasteiger partial charge in [0.1, 0.15) is 5.54 Å². The molecule has 0 heterocycles. The van der Waals surface area contributed by atoms with Crippen LogP contribution in [0.4, 0.5) is 0 Å². The first kappa shape index (κ1) is 10.5. The molecule has 0 spiro atoms. The van der Waals surface area contributed by atoms with Gasteiger partial charge in [-0.05, 0) is 32.6 Å². The summed E-state index contributed by atoms with van der Waals surface area (Å²) in [6.45, 7) is 6.02. The number of hydrogen-bond donors (Lipinski definition) is 2. The molecule has 1 rings (SSSR count). The molecule has 1 aliphatic rings. The van der Waals surface area contributed by atoms with E-state index in [-0.39, 0.29) is 12.0 Å². The number of nitrogens with one attached hydrogen (secondary N) is 1. The topological polar surface area (TPSA) is 49.3 Å². The summed E-state index contributed by atoms with van der Waals surface area (Å²) in [5, 5.41) is 12.4. The van der Waals surface area contributed by atoms with E-state index in [0.717, 1.165) is 19.3 Å². The van der Waals surface area contributed by atoms with Gasteiger partial charge in [-0.3, -0.25) is 10.1 Å². The highest BCUT2D eigenvalue weighted by Gasteiger charge is 2.46. The average Bonchev–Trinajstić information content (AvgIpc) is 2.32. The molecule has 0 aromatic rings. The minimum Gasteiger partial charge on any atom is -0.480 e. The molecule has 0 aromatic carbocycles. The normalized spacial score (nSPS) is 34.0. The van der Waals surface area contributed by atoms with Crippen molar-refractivity contribution in [3.8, 4) is 0 Å². The molecule has 2 unspecified atom stereocenters. The third kappa shape index (κ3) is 1.85. The van der Waals surface area contributed by atoms with E-state index in [1.54, 1.807) is 0 Å². The van der Waals surface area contributed by atoms with Crippen LogP contribution in [-0.2, 0) is 4.79 Å². The smallest absolute Gasteiger partial charge is 0.324 e. The molecule has 0 amide bonds. The molecule has 1 aliphatic carbocycles. The Morgan fingerprint density at radius 1 is 1.62 bits per heavy atom. The standard InChI is InChI=1S/C10H19NO2/c1-7(2)11-10(9(12)13)6-4-5-8(10)3/h7-8,11H,4-6H2,1-3H3,(H,12,13). The minimum absolute atomic E-state index is 0.233. The lowest BCUT2D eigenvalue weighted by Crippen LogP contribution is -2.56. The van der Waals surface area contributed by atoms with Crippen LogP contribution in [0.2, 0.25) is 0 Å². The van der Waals surface area contributed by atoms with Gasteiger partial charge in [-0.15, -0.1) is 0 Å². The predicted molar refractivity (Wildman–Crippen MR) is 51.7 cm³/mol. The van der Waals surface area contributed by atoms with E-state index in [0.29, 0.717) is 0 Å². The van der Waals surface area contributed by atoms with Crippen molar-refractivity contribution in [1.29, 1.82) is 0 Å². The van der Waals surface area contributed by atoms with Crippen molar-refractivity contribution in [3.05, 3.63) is 0 Å². The molecule has 0 bridgehead atoms. The van der Waals surface area contributed by atoms with Gasteiger partial charge in [0.2, 0.25) is 0 Å². The summed E-state index contributed by atoms with van der Waals surface area (Å²) in [5.74, 6) is -0.446. The predicted octanol–water partition coefficient (Wildman–Crippen LogP) is 1.63. The van der Waals surface area contributed by atoms with E-state index in [9.17, 15) is 9.90 Å². The molecule has 76 valence electrons. The Balaban J connectivity index is 2.80. The highest BCUT2D eigenvalue weighted by molar-refractivity contribution is 5.79. The number of carboxylic acid groups (broad SMARTS) is 1. The molecule has 1 fully saturated rings. The number of hydrogen-bond acceptors (Lipinski definition) is 2. The van der Waals surface area contributed by atoms with Crippen LogP contribution in [0, 0.1) is 5.92 Å². The summed E-state index contributed by atoms with van der Waals surface area (Å²) >= 11 is 0. The third-order valence-corrected chi connectivity index (χ3v) is 2.98. The number of aliphatic carboxylic acids is 1. The molecular weight excluding hydrogens is 166 g/mol. The molecule has 13 heavy (non-hydrogen) atoms. The van der Waals surface area contributed by atoms with Gasteiger partial charge in [-0.25, -0.2) is 0 Å². The van der Waals surface area contributed by atoms with Gasteiger partial charge in [0.05, 0.1) is 0 Å². The highest BCUT2D eigenvalue weighted by atomic mass is 16.4. The second-order valence-electron chi connectivity index (χ2n) is 4.37. The molecule has 2 atom stereocenters. The van der Waals surface area contributed by atoms with Gasteiger partial charge in [-0.1, -0.05) is 13.3 Å². The fourth-order valence-corrected chi connectivity index (χ4v) is 2.29. The zero-order chi connectivity index (χ0) is 10.1. The van der Waals surface area contributed by atoms with Crippen LogP contribution in [0.1, 0.15) is 40.0 Å². The lowest BCUT2D eigenvalue weighted by Gasteiger charge is -2.32. The van der Waals surface area contributed by atoms with Crippen molar-refractivity contribution < 1.29 is 9.90 Å². The van der Waals surface area contributed by atoms with Gasteiger partial charge in [-0.2, -0.15) is 0 Å². The number of rotatable bonds is 3. The van der Waals surface area contributed by atoms with Crippen molar-refractivity contribution in [2.75, 3.05) is 0 Å². The fourth-order valence-electron chi connectivity index (χ4n) is 2.29. The molecule has 0 radical (unpaired) electrons. The van der Waals surface area contributed by atoms with Crippen LogP contribution in [0.15, 0.2) is 0 Å². The van der Waals surface area contributed by atoms with Gasteiger partial charge >= 0.3 is 5.97 Å². The molecule has 1 saturated carbocycles. The van der Waals surface area contributed by atoms with E-state index < -0.39 is 11.5 Å². The average molecular weight is 185 g/mol. The van der Waals surface area contributed by atoms with Crippen molar-refractivity contribution in [3.63, 3.8) is 0 Å². The largest absolute Gasteiger partial charge is 0.480 e. The molecule has 0 saturated heterocycles. The van der Waals surface area contributed by atoms with Crippen LogP contribution >= 0.6 is 0 Å². The maximum Gasteiger partial charge on any atom is 0.324 e. The van der Waals surface area contributed by atoms with E-state index in [1.807, 2.05) is 20.8 Å². The third-order valence-electron chi connectivity index (χ3n) is 2.98. The van der Waals surface area contributed by atoms with E-state index in [2.05, 4.69) is 5.32 Å². The molecule has 2 N–H and O–H groups in total. The summed E-state index contributed by atoms with van der Waals surface area (Å²) in [6.07, 6.45) is 2.81. The Kier molecular flexibility index (Phi) is 2.96. The summed E-state index contributed by atoms with van der Waals surface area (Å²) < 4.78 is 0. The molecule has 3 nitrogen and oxygen atoms in total. The monoisotopic (exact) mass is 185 g/mol. The Labute approximate surface area is 79.5 Å². The van der Waals surface area contributed by atoms with Crippen LogP contribution in [0.25, 0.3) is 0 Å². The van der Waals surface area contributed by atoms with Gasteiger partial charge in [0.25, 0.3) is 0 Å². The van der Waals surface area contributed by atoms with Crippen molar-refractivity contribution >= 4 is 5.97 Å². The second kappa shape index (κ2) is 3.66. The molecule has 0 aliphatic heterocycles. The van der Waals surface area contributed by atoms with Gasteiger partial charge in [0, 0.05) is 6.04 Å². The Morgan fingerprint density at radius 2 is 2.23 bits per heavy atom. The zero-order valence-electron chi connectivity index (χ0n) is 8.63. The first-order chi connectivity index (χ1) is 5.99. The SMILES string of the molecule is CC(C)NC1(C(=O)O)CCCC1C. The molecule has 3 heteroatoms. The number of carbonyl (C=O) groups is 1.